The Morgan fingerprint density at radius 1 is 0.939 bits per heavy atom. The summed E-state index contributed by atoms with van der Waals surface area (Å²) in [4.78, 5) is 6.74. The van der Waals surface area contributed by atoms with Gasteiger partial charge in [0, 0.05) is 30.3 Å². The zero-order chi connectivity index (χ0) is 22.8. The monoisotopic (exact) mass is 456 g/mol. The van der Waals surface area contributed by atoms with Gasteiger partial charge in [0.2, 0.25) is 0 Å². The lowest BCUT2D eigenvalue weighted by Gasteiger charge is -2.28. The van der Waals surface area contributed by atoms with Gasteiger partial charge < -0.3 is 24.3 Å². The number of rotatable bonds is 6. The van der Waals surface area contributed by atoms with E-state index >= 15 is 0 Å². The highest BCUT2D eigenvalue weighted by Crippen LogP contribution is 2.45. The molecule has 0 radical (unpaired) electrons. The van der Waals surface area contributed by atoms with E-state index in [0.29, 0.717) is 10.9 Å². The number of methoxy groups -OCH3 is 2. The molecular weight excluding hydrogens is 432 g/mol. The van der Waals surface area contributed by atoms with E-state index in [2.05, 4.69) is 50.4 Å². The molecule has 0 saturated carbocycles. The zero-order valence-electron chi connectivity index (χ0n) is 18.4. The second kappa shape index (κ2) is 8.96. The van der Waals surface area contributed by atoms with E-state index in [-0.39, 0.29) is 12.1 Å². The third-order valence-electron chi connectivity index (χ3n) is 5.86. The molecule has 1 N–H and O–H groups in total. The number of anilines is 1. The number of benzene rings is 2. The summed E-state index contributed by atoms with van der Waals surface area (Å²) in [6, 6.07) is 23.8. The van der Waals surface area contributed by atoms with Gasteiger partial charge in [0.15, 0.2) is 5.11 Å². The Bertz CT molecular complexity index is 1260. The van der Waals surface area contributed by atoms with Gasteiger partial charge in [-0.3, -0.25) is 4.98 Å². The van der Waals surface area contributed by atoms with E-state index in [9.17, 15) is 0 Å². The summed E-state index contributed by atoms with van der Waals surface area (Å²) in [6.07, 6.45) is 6.03. The minimum atomic E-state index is -0.128. The maximum Gasteiger partial charge on any atom is 0.174 e. The van der Waals surface area contributed by atoms with E-state index in [1.165, 1.54) is 0 Å². The molecular formula is C26H24N4O2S. The Kier molecular flexibility index (Phi) is 5.71. The van der Waals surface area contributed by atoms with Crippen LogP contribution in [-0.4, -0.2) is 28.9 Å². The topological polar surface area (TPSA) is 51.5 Å². The predicted octanol–water partition coefficient (Wildman–Crippen LogP) is 5.07. The summed E-state index contributed by atoms with van der Waals surface area (Å²) in [7, 11) is 3.30. The standard InChI is InChI=1S/C26H24N4O2S/c1-31-20-11-12-22(23(16-20)32-2)30-25(24(28-26(30)33)21-10-6-7-14-27-21)18-13-15-29(17-18)19-8-4-3-5-9-19/h3-17,24-25H,1-2H3,(H,28,33)/t24-,25+/m1/s1. The van der Waals surface area contributed by atoms with Gasteiger partial charge in [0.05, 0.1) is 37.7 Å². The third-order valence-corrected chi connectivity index (χ3v) is 6.17. The molecule has 1 fully saturated rings. The maximum absolute atomic E-state index is 5.84. The number of thiocarbonyl (C=S) groups is 1. The molecule has 1 aliphatic heterocycles. The Morgan fingerprint density at radius 2 is 1.76 bits per heavy atom. The highest BCUT2D eigenvalue weighted by molar-refractivity contribution is 7.80. The number of para-hydroxylation sites is 1. The van der Waals surface area contributed by atoms with Crippen molar-refractivity contribution in [3.05, 3.63) is 103 Å². The van der Waals surface area contributed by atoms with Crippen LogP contribution in [0.3, 0.4) is 0 Å². The number of aromatic nitrogens is 2. The molecule has 33 heavy (non-hydrogen) atoms. The number of hydrogen-bond donors (Lipinski definition) is 1. The molecule has 0 unspecified atom stereocenters. The Balaban J connectivity index is 1.63. The highest BCUT2D eigenvalue weighted by atomic mass is 32.1. The first kappa shape index (κ1) is 21.0. The molecule has 4 aromatic rings. The molecule has 0 bridgehead atoms. The summed E-state index contributed by atoms with van der Waals surface area (Å²) in [5.41, 5.74) is 4.00. The van der Waals surface area contributed by atoms with Gasteiger partial charge in [-0.05, 0) is 60.2 Å². The van der Waals surface area contributed by atoms with E-state index in [0.717, 1.165) is 28.4 Å². The van der Waals surface area contributed by atoms with Crippen LogP contribution in [0.15, 0.2) is 91.4 Å². The van der Waals surface area contributed by atoms with Crippen LogP contribution in [0.4, 0.5) is 5.69 Å². The maximum atomic E-state index is 5.84. The highest BCUT2D eigenvalue weighted by Gasteiger charge is 2.42. The lowest BCUT2D eigenvalue weighted by molar-refractivity contribution is 0.394. The van der Waals surface area contributed by atoms with Crippen LogP contribution in [0, 0.1) is 0 Å². The number of nitrogens with zero attached hydrogens (tertiary/aromatic N) is 3. The molecule has 3 heterocycles. The predicted molar refractivity (Wildman–Crippen MR) is 133 cm³/mol. The van der Waals surface area contributed by atoms with Gasteiger partial charge in [-0.25, -0.2) is 0 Å². The molecule has 0 aliphatic carbocycles. The molecule has 2 aromatic carbocycles. The quantitative estimate of drug-likeness (QED) is 0.409. The van der Waals surface area contributed by atoms with Crippen molar-refractivity contribution < 1.29 is 9.47 Å². The first-order chi connectivity index (χ1) is 16.2. The first-order valence-corrected chi connectivity index (χ1v) is 11.1. The van der Waals surface area contributed by atoms with Crippen LogP contribution < -0.4 is 19.7 Å². The van der Waals surface area contributed by atoms with Crippen molar-refractivity contribution in [2.75, 3.05) is 19.1 Å². The van der Waals surface area contributed by atoms with E-state index < -0.39 is 0 Å². The SMILES string of the molecule is COc1ccc(N2C(=S)N[C@H](c3ccccn3)[C@@H]2c2ccn(-c3ccccc3)c2)c(OC)c1. The third kappa shape index (κ3) is 3.91. The van der Waals surface area contributed by atoms with Crippen LogP contribution in [0.1, 0.15) is 23.3 Å². The summed E-state index contributed by atoms with van der Waals surface area (Å²) in [5, 5.41) is 4.11. The fraction of sp³-hybridized carbons (Fsp3) is 0.154. The molecule has 6 nitrogen and oxygen atoms in total. The Hall–Kier alpha value is -3.84. The van der Waals surface area contributed by atoms with Gasteiger partial charge in [-0.15, -0.1) is 0 Å². The van der Waals surface area contributed by atoms with Gasteiger partial charge in [0.1, 0.15) is 11.5 Å². The van der Waals surface area contributed by atoms with Gasteiger partial charge >= 0.3 is 0 Å². The summed E-state index contributed by atoms with van der Waals surface area (Å²) in [5.74, 6) is 1.41. The Morgan fingerprint density at radius 3 is 2.48 bits per heavy atom. The minimum absolute atomic E-state index is 0.125. The molecule has 2 atom stereocenters. The molecule has 166 valence electrons. The minimum Gasteiger partial charge on any atom is -0.497 e. The largest absolute Gasteiger partial charge is 0.497 e. The van der Waals surface area contributed by atoms with Gasteiger partial charge in [-0.1, -0.05) is 24.3 Å². The first-order valence-electron chi connectivity index (χ1n) is 10.7. The number of hydrogen-bond acceptors (Lipinski definition) is 4. The lowest BCUT2D eigenvalue weighted by atomic mass is 9.98. The van der Waals surface area contributed by atoms with Crippen molar-refractivity contribution in [2.45, 2.75) is 12.1 Å². The molecule has 0 spiro atoms. The summed E-state index contributed by atoms with van der Waals surface area (Å²) in [6.45, 7) is 0. The second-order valence-electron chi connectivity index (χ2n) is 7.72. The van der Waals surface area contributed by atoms with E-state index in [1.54, 1.807) is 14.2 Å². The molecule has 2 aromatic heterocycles. The van der Waals surface area contributed by atoms with Crippen LogP contribution in [0.2, 0.25) is 0 Å². The van der Waals surface area contributed by atoms with Crippen molar-refractivity contribution in [1.29, 1.82) is 0 Å². The average molecular weight is 457 g/mol. The molecule has 7 heteroatoms. The second-order valence-corrected chi connectivity index (χ2v) is 8.11. The van der Waals surface area contributed by atoms with Crippen molar-refractivity contribution in [2.24, 2.45) is 0 Å². The molecule has 1 saturated heterocycles. The van der Waals surface area contributed by atoms with Crippen LogP contribution in [0.25, 0.3) is 5.69 Å². The fourth-order valence-corrected chi connectivity index (χ4v) is 4.62. The number of nitrogens with one attached hydrogen (secondary N) is 1. The Labute approximate surface area is 198 Å². The van der Waals surface area contributed by atoms with Crippen molar-refractivity contribution in [3.8, 4) is 17.2 Å². The molecule has 5 rings (SSSR count). The van der Waals surface area contributed by atoms with Gasteiger partial charge in [0.25, 0.3) is 0 Å². The van der Waals surface area contributed by atoms with E-state index in [4.69, 9.17) is 21.7 Å². The lowest BCUT2D eigenvalue weighted by Crippen LogP contribution is -2.29. The van der Waals surface area contributed by atoms with Crippen molar-refractivity contribution in [1.82, 2.24) is 14.9 Å². The normalized spacial score (nSPS) is 17.6. The van der Waals surface area contributed by atoms with Crippen LogP contribution >= 0.6 is 12.2 Å². The summed E-state index contributed by atoms with van der Waals surface area (Å²) < 4.78 is 13.2. The van der Waals surface area contributed by atoms with Crippen molar-refractivity contribution >= 4 is 23.0 Å². The van der Waals surface area contributed by atoms with Crippen LogP contribution in [0.5, 0.6) is 11.5 Å². The average Bonchev–Trinajstić information content (AvgIpc) is 3.49. The molecule has 1 aliphatic rings. The van der Waals surface area contributed by atoms with Crippen molar-refractivity contribution in [3.63, 3.8) is 0 Å². The summed E-state index contributed by atoms with van der Waals surface area (Å²) >= 11 is 5.84. The van der Waals surface area contributed by atoms with Gasteiger partial charge in [-0.2, -0.15) is 0 Å². The van der Waals surface area contributed by atoms with Crippen LogP contribution in [-0.2, 0) is 0 Å². The smallest absolute Gasteiger partial charge is 0.174 e. The molecule has 0 amide bonds. The fourth-order valence-electron chi connectivity index (χ4n) is 4.29. The number of pyridine rings is 1. The number of ether oxygens (including phenoxy) is 2. The zero-order valence-corrected chi connectivity index (χ0v) is 19.2. The van der Waals surface area contributed by atoms with E-state index in [1.807, 2.05) is 60.8 Å².